The van der Waals surface area contributed by atoms with Crippen LogP contribution in [-0.2, 0) is 0 Å². The van der Waals surface area contributed by atoms with Crippen LogP contribution in [0, 0.1) is 6.92 Å². The van der Waals surface area contributed by atoms with Gasteiger partial charge in [-0.2, -0.15) is 5.10 Å². The standard InChI is InChI=1S/C21H14N8S/c1-11-2-3-18(30-11)14-7-22-8-17-19(14)27-21(26-17)20-13-4-15(12-5-23-10-24-6-12)25-9-16(13)28-29-20/h2-10H,1H3,(H,26,27)(H,28,29). The highest BCUT2D eigenvalue weighted by Gasteiger charge is 2.17. The van der Waals surface area contributed by atoms with Gasteiger partial charge in [-0.25, -0.2) is 15.0 Å². The van der Waals surface area contributed by atoms with Gasteiger partial charge in [-0.15, -0.1) is 11.3 Å². The van der Waals surface area contributed by atoms with E-state index in [0.29, 0.717) is 5.82 Å². The number of pyridine rings is 2. The Hall–Kier alpha value is -3.98. The van der Waals surface area contributed by atoms with Crippen LogP contribution in [0.3, 0.4) is 0 Å². The first kappa shape index (κ1) is 16.9. The van der Waals surface area contributed by atoms with Crippen molar-refractivity contribution in [3.05, 3.63) is 60.4 Å². The van der Waals surface area contributed by atoms with Crippen LogP contribution in [0.4, 0.5) is 0 Å². The molecule has 6 rings (SSSR count). The molecule has 0 aliphatic rings. The first-order valence-electron chi connectivity index (χ1n) is 9.27. The molecular weight excluding hydrogens is 396 g/mol. The van der Waals surface area contributed by atoms with E-state index in [1.165, 1.54) is 11.2 Å². The number of aromatic nitrogens is 8. The number of hydrogen-bond acceptors (Lipinski definition) is 7. The Labute approximate surface area is 174 Å². The molecule has 0 unspecified atom stereocenters. The molecule has 0 atom stereocenters. The van der Waals surface area contributed by atoms with Gasteiger partial charge in [-0.05, 0) is 25.1 Å². The summed E-state index contributed by atoms with van der Waals surface area (Å²) in [5.41, 5.74) is 5.94. The molecule has 0 amide bonds. The second-order valence-electron chi connectivity index (χ2n) is 6.89. The largest absolute Gasteiger partial charge is 0.335 e. The van der Waals surface area contributed by atoms with Gasteiger partial charge in [0, 0.05) is 44.9 Å². The third-order valence-corrected chi connectivity index (χ3v) is 5.96. The smallest absolute Gasteiger partial charge is 0.159 e. The number of rotatable bonds is 3. The van der Waals surface area contributed by atoms with E-state index < -0.39 is 0 Å². The summed E-state index contributed by atoms with van der Waals surface area (Å²) in [6.45, 7) is 2.09. The van der Waals surface area contributed by atoms with E-state index >= 15 is 0 Å². The maximum absolute atomic E-state index is 4.88. The number of nitrogens with zero attached hydrogens (tertiary/aromatic N) is 6. The van der Waals surface area contributed by atoms with Crippen LogP contribution in [-0.4, -0.2) is 40.1 Å². The van der Waals surface area contributed by atoms with Gasteiger partial charge in [-0.1, -0.05) is 0 Å². The number of H-pyrrole nitrogens is 2. The quantitative estimate of drug-likeness (QED) is 0.448. The lowest BCUT2D eigenvalue weighted by atomic mass is 10.1. The molecule has 0 aliphatic heterocycles. The minimum Gasteiger partial charge on any atom is -0.335 e. The van der Waals surface area contributed by atoms with Crippen molar-refractivity contribution in [3.8, 4) is 33.2 Å². The van der Waals surface area contributed by atoms with Gasteiger partial charge in [0.05, 0.1) is 29.1 Å². The van der Waals surface area contributed by atoms with Gasteiger partial charge in [0.1, 0.15) is 17.5 Å². The lowest BCUT2D eigenvalue weighted by Crippen LogP contribution is -1.87. The van der Waals surface area contributed by atoms with E-state index in [1.54, 1.807) is 36.1 Å². The summed E-state index contributed by atoms with van der Waals surface area (Å²) in [6.07, 6.45) is 10.4. The van der Waals surface area contributed by atoms with Crippen LogP contribution >= 0.6 is 11.3 Å². The number of thiophene rings is 1. The number of aryl methyl sites for hydroxylation is 1. The van der Waals surface area contributed by atoms with E-state index in [0.717, 1.165) is 49.3 Å². The van der Waals surface area contributed by atoms with Gasteiger partial charge in [-0.3, -0.25) is 15.1 Å². The minimum atomic E-state index is 0.681. The first-order chi connectivity index (χ1) is 14.8. The highest BCUT2D eigenvalue weighted by Crippen LogP contribution is 2.34. The number of fused-ring (bicyclic) bond motifs is 2. The predicted molar refractivity (Wildman–Crippen MR) is 116 cm³/mol. The lowest BCUT2D eigenvalue weighted by Gasteiger charge is -2.00. The summed E-state index contributed by atoms with van der Waals surface area (Å²) in [4.78, 5) is 27.7. The highest BCUT2D eigenvalue weighted by molar-refractivity contribution is 7.15. The Balaban J connectivity index is 1.52. The van der Waals surface area contributed by atoms with Crippen LogP contribution in [0.25, 0.3) is 55.2 Å². The molecule has 0 aliphatic carbocycles. The first-order valence-corrected chi connectivity index (χ1v) is 10.1. The van der Waals surface area contributed by atoms with Gasteiger partial charge in [0.25, 0.3) is 0 Å². The van der Waals surface area contributed by atoms with Crippen LogP contribution < -0.4 is 0 Å². The molecule has 9 heteroatoms. The van der Waals surface area contributed by atoms with Gasteiger partial charge >= 0.3 is 0 Å². The molecule has 0 aromatic carbocycles. The number of aromatic amines is 2. The Morgan fingerprint density at radius 1 is 0.933 bits per heavy atom. The zero-order valence-corrected chi connectivity index (χ0v) is 16.6. The maximum Gasteiger partial charge on any atom is 0.159 e. The molecule has 6 heterocycles. The van der Waals surface area contributed by atoms with Gasteiger partial charge in [0.15, 0.2) is 5.82 Å². The minimum absolute atomic E-state index is 0.681. The van der Waals surface area contributed by atoms with Crippen LogP contribution in [0.2, 0.25) is 0 Å². The average molecular weight is 410 g/mol. The van der Waals surface area contributed by atoms with Crippen LogP contribution in [0.15, 0.2) is 55.5 Å². The molecule has 0 saturated heterocycles. The summed E-state index contributed by atoms with van der Waals surface area (Å²) in [7, 11) is 0. The summed E-state index contributed by atoms with van der Waals surface area (Å²) < 4.78 is 0. The monoisotopic (exact) mass is 410 g/mol. The van der Waals surface area contributed by atoms with Crippen molar-refractivity contribution in [2.24, 2.45) is 0 Å². The maximum atomic E-state index is 4.88. The summed E-state index contributed by atoms with van der Waals surface area (Å²) in [5.74, 6) is 0.681. The second kappa shape index (κ2) is 6.53. The van der Waals surface area contributed by atoms with E-state index in [-0.39, 0.29) is 0 Å². The number of nitrogens with one attached hydrogen (secondary N) is 2. The summed E-state index contributed by atoms with van der Waals surface area (Å²) in [5, 5.41) is 8.46. The lowest BCUT2D eigenvalue weighted by molar-refractivity contribution is 1.10. The Morgan fingerprint density at radius 3 is 2.67 bits per heavy atom. The molecule has 30 heavy (non-hydrogen) atoms. The van der Waals surface area contributed by atoms with Crippen molar-refractivity contribution in [1.29, 1.82) is 0 Å². The molecule has 0 fully saturated rings. The Morgan fingerprint density at radius 2 is 1.83 bits per heavy atom. The van der Waals surface area contributed by atoms with E-state index in [9.17, 15) is 0 Å². The molecule has 0 spiro atoms. The fourth-order valence-corrected chi connectivity index (χ4v) is 4.37. The van der Waals surface area contributed by atoms with Crippen molar-refractivity contribution in [3.63, 3.8) is 0 Å². The van der Waals surface area contributed by atoms with Crippen molar-refractivity contribution in [2.75, 3.05) is 0 Å². The average Bonchev–Trinajstić information content (AvgIpc) is 3.51. The van der Waals surface area contributed by atoms with Gasteiger partial charge < -0.3 is 4.98 Å². The Bertz CT molecular complexity index is 1510. The van der Waals surface area contributed by atoms with Crippen LogP contribution in [0.1, 0.15) is 4.88 Å². The molecule has 8 nitrogen and oxygen atoms in total. The fourth-order valence-electron chi connectivity index (χ4n) is 3.49. The SMILES string of the molecule is Cc1ccc(-c2cncc3[nH]c(-c4n[nH]c5cnc(-c6cncnc6)cc45)nc23)s1. The molecule has 6 aromatic rings. The zero-order chi connectivity index (χ0) is 20.1. The second-order valence-corrected chi connectivity index (χ2v) is 8.18. The van der Waals surface area contributed by atoms with Crippen molar-refractivity contribution < 1.29 is 0 Å². The molecular formula is C21H14N8S. The molecule has 0 radical (unpaired) electrons. The van der Waals surface area contributed by atoms with E-state index in [1.807, 2.05) is 12.3 Å². The third kappa shape index (κ3) is 2.67. The van der Waals surface area contributed by atoms with Gasteiger partial charge in [0.2, 0.25) is 0 Å². The Kier molecular flexibility index (Phi) is 3.68. The van der Waals surface area contributed by atoms with E-state index in [2.05, 4.69) is 54.2 Å². The normalized spacial score (nSPS) is 11.5. The summed E-state index contributed by atoms with van der Waals surface area (Å²) in [6, 6.07) is 6.19. The van der Waals surface area contributed by atoms with Crippen molar-refractivity contribution in [2.45, 2.75) is 6.92 Å². The fraction of sp³-hybridized carbons (Fsp3) is 0.0476. The topological polar surface area (TPSA) is 109 Å². The zero-order valence-electron chi connectivity index (χ0n) is 15.8. The molecule has 144 valence electrons. The molecule has 0 saturated carbocycles. The van der Waals surface area contributed by atoms with Crippen molar-refractivity contribution in [1.82, 2.24) is 40.1 Å². The van der Waals surface area contributed by atoms with Crippen molar-refractivity contribution >= 4 is 33.3 Å². The number of imidazole rings is 1. The molecule has 6 aromatic heterocycles. The summed E-state index contributed by atoms with van der Waals surface area (Å²) >= 11 is 1.73. The molecule has 2 N–H and O–H groups in total. The number of hydrogen-bond donors (Lipinski definition) is 2. The van der Waals surface area contributed by atoms with E-state index in [4.69, 9.17) is 4.98 Å². The van der Waals surface area contributed by atoms with Crippen LogP contribution in [0.5, 0.6) is 0 Å². The predicted octanol–water partition coefficient (Wildman–Crippen LogP) is 4.39. The third-order valence-electron chi connectivity index (χ3n) is 4.93. The molecule has 0 bridgehead atoms. The highest BCUT2D eigenvalue weighted by atomic mass is 32.1.